The number of anilines is 3. The minimum absolute atomic E-state index is 0.272. The molecule has 2 aromatic heterocycles. The summed E-state index contributed by atoms with van der Waals surface area (Å²) in [6.45, 7) is 5.23. The number of ether oxygens (including phenoxy) is 1. The molecule has 0 radical (unpaired) electrons. The quantitative estimate of drug-likeness (QED) is 0.599. The summed E-state index contributed by atoms with van der Waals surface area (Å²) < 4.78 is 19.0. The topological polar surface area (TPSA) is 90.2 Å². The van der Waals surface area contributed by atoms with Crippen molar-refractivity contribution in [1.82, 2.24) is 19.9 Å². The van der Waals surface area contributed by atoms with Gasteiger partial charge in [-0.25, -0.2) is 19.3 Å². The molecule has 1 N–H and O–H groups in total. The summed E-state index contributed by atoms with van der Waals surface area (Å²) in [6, 6.07) is 14.0. The number of aromatic nitrogens is 3. The Bertz CT molecular complexity index is 1170. The van der Waals surface area contributed by atoms with E-state index in [4.69, 9.17) is 4.74 Å². The lowest BCUT2D eigenvalue weighted by atomic mass is 10.1. The molecule has 0 bridgehead atoms. The minimum Gasteiger partial charge on any atom is -0.379 e. The van der Waals surface area contributed by atoms with Gasteiger partial charge in [0, 0.05) is 49.8 Å². The number of hydrogen-bond donors (Lipinski definition) is 1. The van der Waals surface area contributed by atoms with Gasteiger partial charge in [-0.05, 0) is 36.2 Å². The van der Waals surface area contributed by atoms with Crippen molar-refractivity contribution >= 4 is 17.5 Å². The fourth-order valence-electron chi connectivity index (χ4n) is 4.26. The highest BCUT2D eigenvalue weighted by Gasteiger charge is 2.25. The first-order valence-corrected chi connectivity index (χ1v) is 11.5. The summed E-state index contributed by atoms with van der Waals surface area (Å²) in [7, 11) is 0. The number of morpholine rings is 1. The lowest BCUT2D eigenvalue weighted by Gasteiger charge is -2.26. The summed E-state index contributed by atoms with van der Waals surface area (Å²) in [4.78, 5) is 17.6. The second-order valence-corrected chi connectivity index (χ2v) is 8.51. The monoisotopic (exact) mass is 459 g/mol. The van der Waals surface area contributed by atoms with Gasteiger partial charge in [-0.15, -0.1) is 0 Å². The van der Waals surface area contributed by atoms with E-state index in [1.807, 2.05) is 17.0 Å². The number of nitrogens with zero attached hydrogens (tertiary/aromatic N) is 6. The van der Waals surface area contributed by atoms with Gasteiger partial charge in [0.1, 0.15) is 18.1 Å². The third-order valence-electron chi connectivity index (χ3n) is 6.09. The molecule has 4 heterocycles. The van der Waals surface area contributed by atoms with Gasteiger partial charge < -0.3 is 15.0 Å². The van der Waals surface area contributed by atoms with Crippen molar-refractivity contribution in [3.63, 3.8) is 0 Å². The summed E-state index contributed by atoms with van der Waals surface area (Å²) in [5.74, 6) is 0.983. The van der Waals surface area contributed by atoms with Crippen molar-refractivity contribution < 1.29 is 9.13 Å². The third kappa shape index (κ3) is 5.14. The van der Waals surface area contributed by atoms with E-state index in [1.165, 1.54) is 5.56 Å². The summed E-state index contributed by atoms with van der Waals surface area (Å²) in [5, 5.41) is 12.9. The van der Waals surface area contributed by atoms with Crippen LogP contribution in [0.4, 0.5) is 21.8 Å². The summed E-state index contributed by atoms with van der Waals surface area (Å²) >= 11 is 0. The zero-order valence-corrected chi connectivity index (χ0v) is 18.8. The Morgan fingerprint density at radius 1 is 1.12 bits per heavy atom. The van der Waals surface area contributed by atoms with Crippen molar-refractivity contribution in [2.45, 2.75) is 19.1 Å². The van der Waals surface area contributed by atoms with Crippen molar-refractivity contribution in [2.24, 2.45) is 0 Å². The van der Waals surface area contributed by atoms with Crippen LogP contribution in [-0.4, -0.2) is 65.4 Å². The number of nitrogens with one attached hydrogen (secondary N) is 1. The van der Waals surface area contributed by atoms with Crippen LogP contribution in [0.5, 0.6) is 0 Å². The second-order valence-electron chi connectivity index (χ2n) is 8.51. The number of rotatable bonds is 6. The largest absolute Gasteiger partial charge is 0.379 e. The number of benzene rings is 1. The normalized spacial score (nSPS) is 18.6. The van der Waals surface area contributed by atoms with Crippen molar-refractivity contribution in [3.05, 3.63) is 59.9 Å². The average molecular weight is 460 g/mol. The van der Waals surface area contributed by atoms with Crippen LogP contribution < -0.4 is 10.2 Å². The molecular formula is C25H26FN7O. The van der Waals surface area contributed by atoms with E-state index in [1.54, 1.807) is 24.5 Å². The van der Waals surface area contributed by atoms with Crippen LogP contribution in [0, 0.1) is 11.3 Å². The standard InChI is InChI=1S/C25H26FN7O/c26-21-6-8-33(17-21)24-19(14-27)13-20(15-29-24)23-5-7-28-25(31-23)30-22-3-1-18(2-4-22)16-32-9-11-34-12-10-32/h1-5,7,13,15,21H,6,8-12,16-17H2,(H,28,30,31)/t21-/m0/s1. The van der Waals surface area contributed by atoms with Crippen LogP contribution in [0.1, 0.15) is 17.5 Å². The number of pyridine rings is 1. The maximum atomic E-state index is 13.6. The van der Waals surface area contributed by atoms with Gasteiger partial charge in [0.15, 0.2) is 0 Å². The van der Waals surface area contributed by atoms with Crippen LogP contribution in [-0.2, 0) is 11.3 Å². The average Bonchev–Trinajstić information content (AvgIpc) is 3.31. The third-order valence-corrected chi connectivity index (χ3v) is 6.09. The highest BCUT2D eigenvalue weighted by atomic mass is 19.1. The van der Waals surface area contributed by atoms with Gasteiger partial charge in [-0.2, -0.15) is 5.26 Å². The van der Waals surface area contributed by atoms with E-state index >= 15 is 0 Å². The van der Waals surface area contributed by atoms with E-state index in [-0.39, 0.29) is 6.54 Å². The molecule has 8 nitrogen and oxygen atoms in total. The molecule has 5 rings (SSSR count). The fourth-order valence-corrected chi connectivity index (χ4v) is 4.26. The van der Waals surface area contributed by atoms with E-state index in [9.17, 15) is 9.65 Å². The van der Waals surface area contributed by atoms with E-state index < -0.39 is 6.17 Å². The van der Waals surface area contributed by atoms with Crippen molar-refractivity contribution in [1.29, 1.82) is 5.26 Å². The van der Waals surface area contributed by atoms with Gasteiger partial charge in [-0.1, -0.05) is 12.1 Å². The molecule has 3 aromatic rings. The highest BCUT2D eigenvalue weighted by molar-refractivity contribution is 5.67. The van der Waals surface area contributed by atoms with E-state index in [0.717, 1.165) is 38.5 Å². The maximum Gasteiger partial charge on any atom is 0.227 e. The molecule has 1 atom stereocenters. The first-order valence-electron chi connectivity index (χ1n) is 11.5. The van der Waals surface area contributed by atoms with Gasteiger partial charge in [0.2, 0.25) is 5.95 Å². The molecular weight excluding hydrogens is 433 g/mol. The lowest BCUT2D eigenvalue weighted by molar-refractivity contribution is 0.0342. The smallest absolute Gasteiger partial charge is 0.227 e. The van der Waals surface area contributed by atoms with Crippen LogP contribution in [0.15, 0.2) is 48.8 Å². The number of halogens is 1. The molecule has 34 heavy (non-hydrogen) atoms. The molecule has 0 unspecified atom stereocenters. The molecule has 2 aliphatic rings. The Morgan fingerprint density at radius 2 is 1.94 bits per heavy atom. The fraction of sp³-hybridized carbons (Fsp3) is 0.360. The predicted octanol–water partition coefficient (Wildman–Crippen LogP) is 3.53. The molecule has 9 heteroatoms. The van der Waals surface area contributed by atoms with Gasteiger partial charge in [0.25, 0.3) is 0 Å². The zero-order valence-electron chi connectivity index (χ0n) is 18.8. The van der Waals surface area contributed by atoms with Gasteiger partial charge in [-0.3, -0.25) is 4.90 Å². The van der Waals surface area contributed by atoms with Crippen molar-refractivity contribution in [3.8, 4) is 17.3 Å². The summed E-state index contributed by atoms with van der Waals surface area (Å²) in [5.41, 5.74) is 3.92. The van der Waals surface area contributed by atoms with Gasteiger partial charge in [0.05, 0.1) is 31.0 Å². The molecule has 174 valence electrons. The SMILES string of the molecule is N#Cc1cc(-c2ccnc(Nc3ccc(CN4CCOCC4)cc3)n2)cnc1N1CC[C@H](F)C1. The van der Waals surface area contributed by atoms with E-state index in [0.29, 0.717) is 41.6 Å². The maximum absolute atomic E-state index is 13.6. The van der Waals surface area contributed by atoms with Crippen LogP contribution >= 0.6 is 0 Å². The number of alkyl halides is 1. The summed E-state index contributed by atoms with van der Waals surface area (Å²) in [6.07, 6.45) is 2.93. The molecule has 0 spiro atoms. The van der Waals surface area contributed by atoms with Crippen molar-refractivity contribution in [2.75, 3.05) is 49.6 Å². The highest BCUT2D eigenvalue weighted by Crippen LogP contribution is 2.27. The number of nitriles is 1. The number of hydrogen-bond acceptors (Lipinski definition) is 8. The molecule has 2 saturated heterocycles. The molecule has 0 saturated carbocycles. The molecule has 0 aliphatic carbocycles. The molecule has 2 aliphatic heterocycles. The Kier molecular flexibility index (Phi) is 6.60. The zero-order chi connectivity index (χ0) is 23.3. The molecule has 1 aromatic carbocycles. The molecule has 0 amide bonds. The van der Waals surface area contributed by atoms with Gasteiger partial charge >= 0.3 is 0 Å². The Hall–Kier alpha value is -3.61. The van der Waals surface area contributed by atoms with Crippen LogP contribution in [0.25, 0.3) is 11.3 Å². The van der Waals surface area contributed by atoms with Crippen LogP contribution in [0.2, 0.25) is 0 Å². The second kappa shape index (κ2) is 10.1. The Labute approximate surface area is 198 Å². The first kappa shape index (κ1) is 22.2. The predicted molar refractivity (Wildman–Crippen MR) is 128 cm³/mol. The minimum atomic E-state index is -0.878. The van der Waals surface area contributed by atoms with E-state index in [2.05, 4.69) is 43.4 Å². The lowest BCUT2D eigenvalue weighted by Crippen LogP contribution is -2.35. The molecule has 2 fully saturated rings. The first-order chi connectivity index (χ1) is 16.7. The van der Waals surface area contributed by atoms with Crippen LogP contribution in [0.3, 0.4) is 0 Å². The Morgan fingerprint density at radius 3 is 2.68 bits per heavy atom. The Balaban J connectivity index is 1.28.